The summed E-state index contributed by atoms with van der Waals surface area (Å²) in [7, 11) is -2.22. The molecule has 0 saturated heterocycles. The molecule has 0 saturated carbocycles. The van der Waals surface area contributed by atoms with Crippen molar-refractivity contribution in [2.45, 2.75) is 23.3 Å². The Balaban J connectivity index is 2.00. The SMILES string of the molecule is COC(=O)C[C@H]1C=C[C@H]2c3cc(F)cc(S(C)(=O)=O)c3N[C@@H]12. The molecule has 2 aliphatic rings. The van der Waals surface area contributed by atoms with E-state index in [9.17, 15) is 17.6 Å². The van der Waals surface area contributed by atoms with Gasteiger partial charge in [0.1, 0.15) is 5.82 Å². The normalized spacial score (nSPS) is 25.5. The molecule has 3 atom stereocenters. The minimum absolute atomic E-state index is 0.0397. The van der Waals surface area contributed by atoms with E-state index in [0.29, 0.717) is 11.3 Å². The van der Waals surface area contributed by atoms with Crippen LogP contribution in [0.5, 0.6) is 0 Å². The maximum Gasteiger partial charge on any atom is 0.306 e. The average Bonchev–Trinajstić information content (AvgIpc) is 2.97. The van der Waals surface area contributed by atoms with E-state index in [2.05, 4.69) is 10.1 Å². The molecule has 0 amide bonds. The van der Waals surface area contributed by atoms with Crippen molar-refractivity contribution >= 4 is 21.5 Å². The molecular formula is C15H16FNO4S. The van der Waals surface area contributed by atoms with Crippen LogP contribution in [-0.4, -0.2) is 33.8 Å². The first-order valence-corrected chi connectivity index (χ1v) is 8.75. The van der Waals surface area contributed by atoms with Crippen molar-refractivity contribution in [3.05, 3.63) is 35.7 Å². The van der Waals surface area contributed by atoms with Crippen molar-refractivity contribution in [2.24, 2.45) is 5.92 Å². The molecule has 0 aromatic heterocycles. The van der Waals surface area contributed by atoms with E-state index < -0.39 is 15.7 Å². The fraction of sp³-hybridized carbons (Fsp3) is 0.400. The van der Waals surface area contributed by atoms with Crippen molar-refractivity contribution in [3.8, 4) is 0 Å². The summed E-state index contributed by atoms with van der Waals surface area (Å²) in [5.41, 5.74) is 1.06. The molecular weight excluding hydrogens is 309 g/mol. The Morgan fingerprint density at radius 2 is 2.09 bits per heavy atom. The highest BCUT2D eigenvalue weighted by molar-refractivity contribution is 7.90. The number of esters is 1. The van der Waals surface area contributed by atoms with Gasteiger partial charge in [-0.2, -0.15) is 0 Å². The lowest BCUT2D eigenvalue weighted by atomic mass is 9.92. The molecule has 22 heavy (non-hydrogen) atoms. The lowest BCUT2D eigenvalue weighted by Gasteiger charge is -2.19. The number of nitrogens with one attached hydrogen (secondary N) is 1. The zero-order chi connectivity index (χ0) is 16.1. The van der Waals surface area contributed by atoms with Gasteiger partial charge in [-0.05, 0) is 17.7 Å². The summed E-state index contributed by atoms with van der Waals surface area (Å²) >= 11 is 0. The van der Waals surface area contributed by atoms with E-state index in [-0.39, 0.29) is 35.2 Å². The van der Waals surface area contributed by atoms with Crippen molar-refractivity contribution in [3.63, 3.8) is 0 Å². The molecule has 1 aromatic rings. The molecule has 0 spiro atoms. The molecule has 1 aliphatic carbocycles. The van der Waals surface area contributed by atoms with E-state index in [0.717, 1.165) is 12.3 Å². The first-order valence-electron chi connectivity index (χ1n) is 6.86. The van der Waals surface area contributed by atoms with Crippen LogP contribution in [0.15, 0.2) is 29.2 Å². The molecule has 5 nitrogen and oxygen atoms in total. The van der Waals surface area contributed by atoms with Crippen molar-refractivity contribution in [1.82, 2.24) is 0 Å². The van der Waals surface area contributed by atoms with Crippen LogP contribution in [-0.2, 0) is 19.4 Å². The quantitative estimate of drug-likeness (QED) is 0.678. The van der Waals surface area contributed by atoms with Gasteiger partial charge in [-0.1, -0.05) is 12.2 Å². The highest BCUT2D eigenvalue weighted by Gasteiger charge is 2.42. The van der Waals surface area contributed by atoms with Crippen LogP contribution in [0.1, 0.15) is 17.9 Å². The van der Waals surface area contributed by atoms with Crippen LogP contribution >= 0.6 is 0 Å². The first kappa shape index (κ1) is 15.0. The van der Waals surface area contributed by atoms with Gasteiger partial charge in [0.05, 0.1) is 24.1 Å². The molecule has 0 bridgehead atoms. The topological polar surface area (TPSA) is 72.5 Å². The number of halogens is 1. The molecule has 1 aromatic carbocycles. The Morgan fingerprint density at radius 3 is 2.73 bits per heavy atom. The molecule has 3 rings (SSSR count). The van der Waals surface area contributed by atoms with Crippen LogP contribution in [0.2, 0.25) is 0 Å². The minimum Gasteiger partial charge on any atom is -0.469 e. The third kappa shape index (κ3) is 2.39. The Morgan fingerprint density at radius 1 is 1.36 bits per heavy atom. The van der Waals surface area contributed by atoms with E-state index >= 15 is 0 Å². The third-order valence-electron chi connectivity index (χ3n) is 4.21. The van der Waals surface area contributed by atoms with Crippen molar-refractivity contribution < 1.29 is 22.3 Å². The second-order valence-electron chi connectivity index (χ2n) is 5.67. The summed E-state index contributed by atoms with van der Waals surface area (Å²) in [6.45, 7) is 0. The summed E-state index contributed by atoms with van der Waals surface area (Å²) in [6.07, 6.45) is 5.04. The number of benzene rings is 1. The van der Waals surface area contributed by atoms with Gasteiger partial charge in [0, 0.05) is 24.1 Å². The van der Waals surface area contributed by atoms with Gasteiger partial charge >= 0.3 is 5.97 Å². The van der Waals surface area contributed by atoms with Crippen LogP contribution in [0.3, 0.4) is 0 Å². The van der Waals surface area contributed by atoms with Crippen LogP contribution in [0.25, 0.3) is 0 Å². The predicted octanol–water partition coefficient (Wildman–Crippen LogP) is 1.86. The number of ether oxygens (including phenoxy) is 1. The molecule has 118 valence electrons. The maximum atomic E-state index is 13.8. The monoisotopic (exact) mass is 325 g/mol. The van der Waals surface area contributed by atoms with E-state index in [1.807, 2.05) is 12.2 Å². The first-order chi connectivity index (χ1) is 10.3. The van der Waals surface area contributed by atoms with E-state index in [1.54, 1.807) is 0 Å². The molecule has 0 radical (unpaired) electrons. The Hall–Kier alpha value is -1.89. The second-order valence-corrected chi connectivity index (χ2v) is 7.65. The Bertz CT molecular complexity index is 772. The summed E-state index contributed by atoms with van der Waals surface area (Å²) < 4.78 is 42.2. The van der Waals surface area contributed by atoms with Crippen molar-refractivity contribution in [1.29, 1.82) is 0 Å². The summed E-state index contributed by atoms with van der Waals surface area (Å²) in [4.78, 5) is 11.4. The molecule has 1 N–H and O–H groups in total. The number of fused-ring (bicyclic) bond motifs is 3. The van der Waals surface area contributed by atoms with Gasteiger partial charge in [0.15, 0.2) is 9.84 Å². The number of anilines is 1. The lowest BCUT2D eigenvalue weighted by Crippen LogP contribution is -2.26. The number of carbonyl (C=O) groups excluding carboxylic acids is 1. The van der Waals surface area contributed by atoms with Gasteiger partial charge in [0.25, 0.3) is 0 Å². The molecule has 1 aliphatic heterocycles. The van der Waals surface area contributed by atoms with Gasteiger partial charge in [-0.3, -0.25) is 4.79 Å². The molecule has 0 unspecified atom stereocenters. The predicted molar refractivity (Wildman–Crippen MR) is 78.9 cm³/mol. The Kier molecular flexibility index (Phi) is 3.47. The van der Waals surface area contributed by atoms with Crippen LogP contribution in [0, 0.1) is 11.7 Å². The van der Waals surface area contributed by atoms with Gasteiger partial charge in [0.2, 0.25) is 0 Å². The van der Waals surface area contributed by atoms with Crippen molar-refractivity contribution in [2.75, 3.05) is 18.7 Å². The molecule has 1 heterocycles. The minimum atomic E-state index is -3.54. The number of hydrogen-bond donors (Lipinski definition) is 1. The highest BCUT2D eigenvalue weighted by atomic mass is 32.2. The highest BCUT2D eigenvalue weighted by Crippen LogP contribution is 2.47. The molecule has 0 fully saturated rings. The van der Waals surface area contributed by atoms with E-state index in [1.165, 1.54) is 13.2 Å². The number of carbonyl (C=O) groups is 1. The lowest BCUT2D eigenvalue weighted by molar-refractivity contribution is -0.141. The van der Waals surface area contributed by atoms with Crippen LogP contribution in [0.4, 0.5) is 10.1 Å². The van der Waals surface area contributed by atoms with E-state index in [4.69, 9.17) is 0 Å². The summed E-state index contributed by atoms with van der Waals surface area (Å²) in [5, 5.41) is 3.16. The smallest absolute Gasteiger partial charge is 0.306 e. The zero-order valence-corrected chi connectivity index (χ0v) is 13.0. The Labute approximate surface area is 128 Å². The zero-order valence-electron chi connectivity index (χ0n) is 12.2. The number of sulfone groups is 1. The summed E-state index contributed by atoms with van der Waals surface area (Å²) in [5.74, 6) is -1.16. The second kappa shape index (κ2) is 5.08. The molecule has 7 heteroatoms. The number of methoxy groups -OCH3 is 1. The summed E-state index contributed by atoms with van der Waals surface area (Å²) in [6, 6.07) is 2.23. The van der Waals surface area contributed by atoms with Gasteiger partial charge < -0.3 is 10.1 Å². The van der Waals surface area contributed by atoms with Gasteiger partial charge in [-0.15, -0.1) is 0 Å². The fourth-order valence-corrected chi connectivity index (χ4v) is 4.09. The van der Waals surface area contributed by atoms with Crippen LogP contribution < -0.4 is 5.32 Å². The number of rotatable bonds is 3. The average molecular weight is 325 g/mol. The number of hydrogen-bond acceptors (Lipinski definition) is 5. The third-order valence-corrected chi connectivity index (χ3v) is 5.33. The fourth-order valence-electron chi connectivity index (χ4n) is 3.21. The standard InChI is InChI=1S/C15H16FNO4S/c1-21-13(18)5-8-3-4-10-11-6-9(16)7-12(22(2,19)20)15(11)17-14(8)10/h3-4,6-8,10,14,17H,5H2,1-2H3/t8-,10+,14+/m1/s1. The largest absolute Gasteiger partial charge is 0.469 e. The maximum absolute atomic E-state index is 13.8. The van der Waals surface area contributed by atoms with Gasteiger partial charge in [-0.25, -0.2) is 12.8 Å².